The first-order valence-electron chi connectivity index (χ1n) is 11.9. The number of imidazole rings is 1. The van der Waals surface area contributed by atoms with Gasteiger partial charge in [-0.2, -0.15) is 0 Å². The molecule has 2 aromatic heterocycles. The van der Waals surface area contributed by atoms with Gasteiger partial charge in [0.2, 0.25) is 11.8 Å². The summed E-state index contributed by atoms with van der Waals surface area (Å²) in [6.45, 7) is 2.18. The van der Waals surface area contributed by atoms with Gasteiger partial charge in [-0.3, -0.25) is 9.59 Å². The highest BCUT2D eigenvalue weighted by Gasteiger charge is 2.41. The van der Waals surface area contributed by atoms with Crippen molar-refractivity contribution in [3.8, 4) is 0 Å². The summed E-state index contributed by atoms with van der Waals surface area (Å²) in [6, 6.07) is 4.26. The van der Waals surface area contributed by atoms with Crippen LogP contribution in [0.4, 0.5) is 0 Å². The van der Waals surface area contributed by atoms with Gasteiger partial charge >= 0.3 is 0 Å². The van der Waals surface area contributed by atoms with Crippen molar-refractivity contribution in [2.45, 2.75) is 63.8 Å². The van der Waals surface area contributed by atoms with Crippen molar-refractivity contribution < 1.29 is 9.59 Å². The first-order valence-corrected chi connectivity index (χ1v) is 11.9. The second-order valence-electron chi connectivity index (χ2n) is 9.67. The fraction of sp³-hybridized carbons (Fsp3) is 0.667. The summed E-state index contributed by atoms with van der Waals surface area (Å²) in [4.78, 5) is 39.1. The molecule has 3 aliphatic rings. The van der Waals surface area contributed by atoms with E-state index < -0.39 is 0 Å². The van der Waals surface area contributed by atoms with Crippen LogP contribution in [-0.4, -0.2) is 61.8 Å². The van der Waals surface area contributed by atoms with Crippen LogP contribution in [0.5, 0.6) is 0 Å². The average Bonchev–Trinajstić information content (AvgIpc) is 3.41. The third-order valence-corrected chi connectivity index (χ3v) is 7.56. The summed E-state index contributed by atoms with van der Waals surface area (Å²) in [5.74, 6) is 1.65. The molecule has 0 N–H and O–H groups in total. The minimum atomic E-state index is -0.158. The molecule has 2 amide bonds. The Kier molecular flexibility index (Phi) is 5.67. The van der Waals surface area contributed by atoms with Crippen molar-refractivity contribution in [3.63, 3.8) is 0 Å². The summed E-state index contributed by atoms with van der Waals surface area (Å²) in [5.41, 5.74) is 1.83. The first-order chi connectivity index (χ1) is 15.1. The van der Waals surface area contributed by atoms with Crippen molar-refractivity contribution in [3.05, 3.63) is 24.2 Å². The number of carbonyl (C=O) groups is 2. The number of carbonyl (C=O) groups excluding carboxylic acids is 2. The molecular formula is C24H33N5O2. The van der Waals surface area contributed by atoms with E-state index in [0.29, 0.717) is 24.9 Å². The molecule has 2 aromatic rings. The Hall–Kier alpha value is -2.44. The van der Waals surface area contributed by atoms with Crippen LogP contribution in [-0.2, 0) is 23.1 Å². The lowest BCUT2D eigenvalue weighted by atomic mass is 10.0. The predicted molar refractivity (Wildman–Crippen MR) is 118 cm³/mol. The van der Waals surface area contributed by atoms with Crippen LogP contribution < -0.4 is 0 Å². The molecule has 31 heavy (non-hydrogen) atoms. The number of aryl methyl sites for hydroxylation is 1. The van der Waals surface area contributed by atoms with Gasteiger partial charge in [-0.15, -0.1) is 0 Å². The molecule has 0 bridgehead atoms. The lowest BCUT2D eigenvalue weighted by Gasteiger charge is -2.27. The molecule has 2 atom stereocenters. The highest BCUT2D eigenvalue weighted by Crippen LogP contribution is 2.30. The summed E-state index contributed by atoms with van der Waals surface area (Å²) < 4.78 is 2.07. The van der Waals surface area contributed by atoms with E-state index in [-0.39, 0.29) is 17.7 Å². The molecule has 2 aliphatic heterocycles. The molecule has 0 spiro atoms. The van der Waals surface area contributed by atoms with Gasteiger partial charge in [-0.05, 0) is 37.3 Å². The van der Waals surface area contributed by atoms with Gasteiger partial charge in [0.05, 0.1) is 5.92 Å². The van der Waals surface area contributed by atoms with Crippen LogP contribution in [0.25, 0.3) is 11.2 Å². The van der Waals surface area contributed by atoms with E-state index in [4.69, 9.17) is 4.98 Å². The van der Waals surface area contributed by atoms with Crippen LogP contribution in [0.3, 0.4) is 0 Å². The summed E-state index contributed by atoms with van der Waals surface area (Å²) >= 11 is 0. The van der Waals surface area contributed by atoms with Gasteiger partial charge in [0.15, 0.2) is 5.65 Å². The zero-order valence-electron chi connectivity index (χ0n) is 18.5. The maximum absolute atomic E-state index is 13.2. The van der Waals surface area contributed by atoms with Gasteiger partial charge in [-0.1, -0.05) is 25.7 Å². The van der Waals surface area contributed by atoms with E-state index in [1.165, 1.54) is 25.7 Å². The van der Waals surface area contributed by atoms with E-state index in [1.54, 1.807) is 6.20 Å². The Balaban J connectivity index is 1.19. The Morgan fingerprint density at radius 3 is 2.71 bits per heavy atom. The summed E-state index contributed by atoms with van der Waals surface area (Å²) in [7, 11) is 2.02. The zero-order valence-corrected chi connectivity index (χ0v) is 18.5. The maximum atomic E-state index is 13.2. The van der Waals surface area contributed by atoms with Gasteiger partial charge in [0.1, 0.15) is 11.3 Å². The molecule has 2 unspecified atom stereocenters. The minimum Gasteiger partial charge on any atom is -0.342 e. The average molecular weight is 424 g/mol. The molecule has 1 aliphatic carbocycles. The molecule has 1 saturated carbocycles. The largest absolute Gasteiger partial charge is 0.342 e. The van der Waals surface area contributed by atoms with Crippen molar-refractivity contribution in [1.29, 1.82) is 0 Å². The highest BCUT2D eigenvalue weighted by molar-refractivity contribution is 5.89. The molecule has 7 nitrogen and oxygen atoms in total. The van der Waals surface area contributed by atoms with Crippen LogP contribution in [0.15, 0.2) is 18.3 Å². The number of hydrogen-bond donors (Lipinski definition) is 0. The van der Waals surface area contributed by atoms with Gasteiger partial charge in [-0.25, -0.2) is 9.97 Å². The second kappa shape index (κ2) is 8.60. The molecule has 2 saturated heterocycles. The third kappa shape index (κ3) is 4.06. The molecule has 3 fully saturated rings. The van der Waals surface area contributed by atoms with E-state index >= 15 is 0 Å². The van der Waals surface area contributed by atoms with Crippen LogP contribution in [0.1, 0.15) is 57.2 Å². The van der Waals surface area contributed by atoms with Crippen LogP contribution in [0, 0.1) is 11.8 Å². The molecule has 0 aromatic carbocycles. The van der Waals surface area contributed by atoms with E-state index in [1.807, 2.05) is 29.0 Å². The number of amides is 2. The van der Waals surface area contributed by atoms with Gasteiger partial charge < -0.3 is 14.4 Å². The van der Waals surface area contributed by atoms with Crippen molar-refractivity contribution in [1.82, 2.24) is 24.3 Å². The lowest BCUT2D eigenvalue weighted by Crippen LogP contribution is -2.39. The SMILES string of the molecule is Cn1c(CC2CCN(C(=O)C3CC(=O)N(C4CCCCCC4)C3)C2)nc2cccnc21. The predicted octanol–water partition coefficient (Wildman–Crippen LogP) is 2.93. The van der Waals surface area contributed by atoms with Gasteiger partial charge in [0.25, 0.3) is 0 Å². The minimum absolute atomic E-state index is 0.158. The second-order valence-corrected chi connectivity index (χ2v) is 9.67. The number of fused-ring (bicyclic) bond motifs is 1. The Labute approximate surface area is 183 Å². The van der Waals surface area contributed by atoms with Crippen LogP contribution in [0.2, 0.25) is 0 Å². The molecule has 5 rings (SSSR count). The van der Waals surface area contributed by atoms with E-state index in [0.717, 1.165) is 55.8 Å². The number of nitrogens with zero attached hydrogens (tertiary/aromatic N) is 5. The number of aromatic nitrogens is 3. The summed E-state index contributed by atoms with van der Waals surface area (Å²) in [6.07, 6.45) is 11.2. The number of pyridine rings is 1. The monoisotopic (exact) mass is 423 g/mol. The highest BCUT2D eigenvalue weighted by atomic mass is 16.2. The van der Waals surface area contributed by atoms with E-state index in [9.17, 15) is 9.59 Å². The van der Waals surface area contributed by atoms with Crippen molar-refractivity contribution in [2.24, 2.45) is 18.9 Å². The Bertz CT molecular complexity index is 962. The number of rotatable bonds is 4. The molecule has 166 valence electrons. The Morgan fingerprint density at radius 2 is 1.94 bits per heavy atom. The zero-order chi connectivity index (χ0) is 21.4. The molecular weight excluding hydrogens is 390 g/mol. The smallest absolute Gasteiger partial charge is 0.228 e. The van der Waals surface area contributed by atoms with Crippen LogP contribution >= 0.6 is 0 Å². The fourth-order valence-corrected chi connectivity index (χ4v) is 5.79. The van der Waals surface area contributed by atoms with Crippen molar-refractivity contribution in [2.75, 3.05) is 19.6 Å². The van der Waals surface area contributed by atoms with E-state index in [2.05, 4.69) is 9.55 Å². The maximum Gasteiger partial charge on any atom is 0.228 e. The third-order valence-electron chi connectivity index (χ3n) is 7.56. The normalized spacial score (nSPS) is 25.5. The summed E-state index contributed by atoms with van der Waals surface area (Å²) in [5, 5.41) is 0. The number of hydrogen-bond acceptors (Lipinski definition) is 4. The number of likely N-dealkylation sites (tertiary alicyclic amines) is 2. The topological polar surface area (TPSA) is 71.3 Å². The quantitative estimate of drug-likeness (QED) is 0.709. The molecule has 7 heteroatoms. The van der Waals surface area contributed by atoms with Gasteiger partial charge in [0, 0.05) is 51.8 Å². The van der Waals surface area contributed by atoms with Crippen molar-refractivity contribution >= 4 is 23.0 Å². The standard InChI is InChI=1S/C24H33N5O2/c1-27-21(26-20-9-6-11-25-23(20)27)13-17-10-12-28(15-17)24(31)18-14-22(30)29(16-18)19-7-4-2-3-5-8-19/h6,9,11,17-19H,2-5,7-8,10,12-16H2,1H3. The fourth-order valence-electron chi connectivity index (χ4n) is 5.79. The first kappa shape index (κ1) is 20.5. The molecule has 0 radical (unpaired) electrons. The molecule has 4 heterocycles. The Morgan fingerprint density at radius 1 is 1.13 bits per heavy atom. The lowest BCUT2D eigenvalue weighted by molar-refractivity contribution is -0.135.